The lowest BCUT2D eigenvalue weighted by Crippen LogP contribution is -2.51. The Morgan fingerprint density at radius 3 is 2.53 bits per heavy atom. The second-order valence-electron chi connectivity index (χ2n) is 8.58. The minimum Gasteiger partial charge on any atom is -0.497 e. The number of hydrogen-bond donors (Lipinski definition) is 2. The maximum absolute atomic E-state index is 13.5. The zero-order valence-corrected chi connectivity index (χ0v) is 19.2. The van der Waals surface area contributed by atoms with Gasteiger partial charge in [-0.15, -0.1) is 0 Å². The van der Waals surface area contributed by atoms with Crippen molar-refractivity contribution in [2.45, 2.75) is 25.4 Å². The highest BCUT2D eigenvalue weighted by molar-refractivity contribution is 6.11. The van der Waals surface area contributed by atoms with Gasteiger partial charge in [0.1, 0.15) is 17.5 Å². The number of ether oxygens (including phenoxy) is 1. The van der Waals surface area contributed by atoms with Crippen LogP contribution in [-0.4, -0.2) is 58.1 Å². The summed E-state index contributed by atoms with van der Waals surface area (Å²) in [5, 5.41) is 10.00. The molecule has 9 heteroatoms. The SMILES string of the molecule is COc1ccc(-c2ccc3c(c2)C(=O)N2CC[C@H](NC(=O)c4cc(C)n(C)n4)[C@H]2C(=O)N3)cc1. The number of nitrogens with zero attached hydrogens (tertiary/aromatic N) is 3. The zero-order valence-electron chi connectivity index (χ0n) is 19.2. The third-order valence-electron chi connectivity index (χ3n) is 6.52. The van der Waals surface area contributed by atoms with E-state index in [0.717, 1.165) is 22.6 Å². The minimum absolute atomic E-state index is 0.237. The summed E-state index contributed by atoms with van der Waals surface area (Å²) in [5.41, 5.74) is 3.82. The molecule has 2 aliphatic heterocycles. The van der Waals surface area contributed by atoms with E-state index >= 15 is 0 Å². The number of amides is 3. The van der Waals surface area contributed by atoms with Crippen LogP contribution in [0.25, 0.3) is 11.1 Å². The highest BCUT2D eigenvalue weighted by atomic mass is 16.5. The Morgan fingerprint density at radius 1 is 1.12 bits per heavy atom. The van der Waals surface area contributed by atoms with Crippen LogP contribution in [0.5, 0.6) is 5.75 Å². The van der Waals surface area contributed by atoms with Crippen molar-refractivity contribution in [2.24, 2.45) is 7.05 Å². The van der Waals surface area contributed by atoms with E-state index in [-0.39, 0.29) is 23.4 Å². The summed E-state index contributed by atoms with van der Waals surface area (Å²) < 4.78 is 6.84. The maximum atomic E-state index is 13.5. The molecule has 2 aromatic carbocycles. The first-order valence-electron chi connectivity index (χ1n) is 11.1. The molecule has 0 spiro atoms. The molecule has 174 valence electrons. The molecule has 2 aliphatic rings. The molecule has 1 saturated heterocycles. The molecule has 3 aromatic rings. The van der Waals surface area contributed by atoms with Crippen LogP contribution >= 0.6 is 0 Å². The Hall–Kier alpha value is -4.14. The molecule has 5 rings (SSSR count). The Labute approximate surface area is 196 Å². The van der Waals surface area contributed by atoms with Gasteiger partial charge in [-0.25, -0.2) is 0 Å². The van der Waals surface area contributed by atoms with E-state index in [0.29, 0.717) is 24.2 Å². The lowest BCUT2D eigenvalue weighted by Gasteiger charge is -2.24. The standard InChI is InChI=1S/C25H25N5O4/c1-14-12-21(28-29(14)2)23(31)27-20-10-11-30-22(20)24(32)26-19-9-6-16(13-18(19)25(30)33)15-4-7-17(34-3)8-5-15/h4-9,12-13,20,22H,10-11H2,1-3H3,(H,26,32)(H,27,31)/t20-,22-/m0/s1. The van der Waals surface area contributed by atoms with Gasteiger partial charge in [-0.05, 0) is 54.8 Å². The Morgan fingerprint density at radius 2 is 1.85 bits per heavy atom. The van der Waals surface area contributed by atoms with Gasteiger partial charge in [0, 0.05) is 19.3 Å². The highest BCUT2D eigenvalue weighted by Crippen LogP contribution is 2.32. The number of aryl methyl sites for hydroxylation is 2. The van der Waals surface area contributed by atoms with E-state index in [1.165, 1.54) is 0 Å². The molecular weight excluding hydrogens is 434 g/mol. The molecule has 0 aliphatic carbocycles. The number of carbonyl (C=O) groups is 3. The van der Waals surface area contributed by atoms with Crippen molar-refractivity contribution < 1.29 is 19.1 Å². The normalized spacial score (nSPS) is 19.2. The molecule has 3 heterocycles. The molecule has 2 atom stereocenters. The predicted molar refractivity (Wildman–Crippen MR) is 126 cm³/mol. The number of nitrogens with one attached hydrogen (secondary N) is 2. The number of benzene rings is 2. The molecule has 1 aromatic heterocycles. The van der Waals surface area contributed by atoms with Crippen molar-refractivity contribution in [3.05, 3.63) is 65.5 Å². The van der Waals surface area contributed by atoms with Crippen LogP contribution in [0.1, 0.15) is 33.0 Å². The second-order valence-corrected chi connectivity index (χ2v) is 8.58. The number of hydrogen-bond acceptors (Lipinski definition) is 5. The molecule has 3 amide bonds. The Kier molecular flexibility index (Phi) is 5.31. The number of fused-ring (bicyclic) bond motifs is 2. The van der Waals surface area contributed by atoms with Gasteiger partial charge in [-0.1, -0.05) is 18.2 Å². The lowest BCUT2D eigenvalue weighted by atomic mass is 10.0. The maximum Gasteiger partial charge on any atom is 0.272 e. The summed E-state index contributed by atoms with van der Waals surface area (Å²) in [4.78, 5) is 40.9. The zero-order chi connectivity index (χ0) is 24.0. The number of carbonyl (C=O) groups excluding carboxylic acids is 3. The van der Waals surface area contributed by atoms with Crippen LogP contribution < -0.4 is 15.4 Å². The molecule has 9 nitrogen and oxygen atoms in total. The van der Waals surface area contributed by atoms with Gasteiger partial charge in [0.05, 0.1) is 24.4 Å². The van der Waals surface area contributed by atoms with Gasteiger partial charge in [0.15, 0.2) is 0 Å². The molecule has 0 bridgehead atoms. The van der Waals surface area contributed by atoms with Gasteiger partial charge < -0.3 is 20.3 Å². The van der Waals surface area contributed by atoms with Crippen molar-refractivity contribution in [1.29, 1.82) is 0 Å². The van der Waals surface area contributed by atoms with Crippen LogP contribution in [0, 0.1) is 6.92 Å². The Bertz CT molecular complexity index is 1280. The van der Waals surface area contributed by atoms with E-state index in [2.05, 4.69) is 15.7 Å². The molecule has 1 fully saturated rings. The monoisotopic (exact) mass is 459 g/mol. The van der Waals surface area contributed by atoms with Crippen molar-refractivity contribution >= 4 is 23.4 Å². The van der Waals surface area contributed by atoms with Gasteiger partial charge in [-0.3, -0.25) is 19.1 Å². The van der Waals surface area contributed by atoms with Crippen LogP contribution in [0.4, 0.5) is 5.69 Å². The fourth-order valence-electron chi connectivity index (χ4n) is 4.56. The fourth-order valence-corrected chi connectivity index (χ4v) is 4.56. The van der Waals surface area contributed by atoms with E-state index in [1.807, 2.05) is 37.3 Å². The minimum atomic E-state index is -0.793. The van der Waals surface area contributed by atoms with E-state index in [1.54, 1.807) is 41.9 Å². The van der Waals surface area contributed by atoms with Gasteiger partial charge in [0.2, 0.25) is 5.91 Å². The summed E-state index contributed by atoms with van der Waals surface area (Å²) in [5.74, 6) is -0.168. The average Bonchev–Trinajstić information content (AvgIpc) is 3.39. The summed E-state index contributed by atoms with van der Waals surface area (Å²) in [6.45, 7) is 2.23. The summed E-state index contributed by atoms with van der Waals surface area (Å²) in [6.07, 6.45) is 0.481. The smallest absolute Gasteiger partial charge is 0.272 e. The van der Waals surface area contributed by atoms with E-state index < -0.39 is 12.1 Å². The fraction of sp³-hybridized carbons (Fsp3) is 0.280. The van der Waals surface area contributed by atoms with Crippen molar-refractivity contribution in [2.75, 3.05) is 19.0 Å². The van der Waals surface area contributed by atoms with Crippen LogP contribution in [0.3, 0.4) is 0 Å². The van der Waals surface area contributed by atoms with Crippen LogP contribution in [-0.2, 0) is 11.8 Å². The summed E-state index contributed by atoms with van der Waals surface area (Å²) >= 11 is 0. The van der Waals surface area contributed by atoms with Gasteiger partial charge in [0.25, 0.3) is 11.8 Å². The topological polar surface area (TPSA) is 106 Å². The average molecular weight is 460 g/mol. The molecule has 0 radical (unpaired) electrons. The summed E-state index contributed by atoms with van der Waals surface area (Å²) in [7, 11) is 3.37. The summed E-state index contributed by atoms with van der Waals surface area (Å²) in [6, 6.07) is 13.4. The van der Waals surface area contributed by atoms with Gasteiger partial charge >= 0.3 is 0 Å². The van der Waals surface area contributed by atoms with Gasteiger partial charge in [-0.2, -0.15) is 5.10 Å². The quantitative estimate of drug-likeness (QED) is 0.623. The second kappa shape index (κ2) is 8.33. The first-order valence-corrected chi connectivity index (χ1v) is 11.1. The predicted octanol–water partition coefficient (Wildman–Crippen LogP) is 2.37. The molecule has 0 unspecified atom stereocenters. The van der Waals surface area contributed by atoms with Crippen LogP contribution in [0.15, 0.2) is 48.5 Å². The third-order valence-corrected chi connectivity index (χ3v) is 6.52. The van der Waals surface area contributed by atoms with Crippen molar-refractivity contribution in [3.8, 4) is 16.9 Å². The number of methoxy groups -OCH3 is 1. The first kappa shape index (κ1) is 21.7. The lowest BCUT2D eigenvalue weighted by molar-refractivity contribution is -0.120. The molecule has 34 heavy (non-hydrogen) atoms. The van der Waals surface area contributed by atoms with Crippen LogP contribution in [0.2, 0.25) is 0 Å². The molecule has 2 N–H and O–H groups in total. The first-order chi connectivity index (χ1) is 16.4. The molecular formula is C25H25N5O4. The van der Waals surface area contributed by atoms with Crippen molar-refractivity contribution in [1.82, 2.24) is 20.0 Å². The highest BCUT2D eigenvalue weighted by Gasteiger charge is 2.45. The third kappa shape index (κ3) is 3.68. The van der Waals surface area contributed by atoms with E-state index in [4.69, 9.17) is 4.74 Å². The van der Waals surface area contributed by atoms with Crippen molar-refractivity contribution in [3.63, 3.8) is 0 Å². The number of anilines is 1. The molecule has 0 saturated carbocycles. The largest absolute Gasteiger partial charge is 0.497 e. The van der Waals surface area contributed by atoms with E-state index in [9.17, 15) is 14.4 Å². The Balaban J connectivity index is 1.41. The number of rotatable bonds is 4. The number of aromatic nitrogens is 2.